The van der Waals surface area contributed by atoms with Gasteiger partial charge in [0.2, 0.25) is 0 Å². The monoisotopic (exact) mass is 219 g/mol. The number of nitrogens with two attached hydrogens (primary N) is 1. The predicted molar refractivity (Wildman–Crippen MR) is 51.6 cm³/mol. The Labute approximate surface area is 88.3 Å². The summed E-state index contributed by atoms with van der Waals surface area (Å²) in [7, 11) is 0. The number of esters is 2. The van der Waals surface area contributed by atoms with E-state index in [1.54, 1.807) is 6.92 Å². The highest BCUT2D eigenvalue weighted by Gasteiger charge is 2.18. The van der Waals surface area contributed by atoms with Gasteiger partial charge in [-0.25, -0.2) is 4.79 Å². The summed E-state index contributed by atoms with van der Waals surface area (Å²) in [5, 5.41) is 8.71. The number of hydrogen-bond donors (Lipinski definition) is 2. The summed E-state index contributed by atoms with van der Waals surface area (Å²) in [6.07, 6.45) is -1.89. The van der Waals surface area contributed by atoms with Gasteiger partial charge in [-0.15, -0.1) is 0 Å². The average molecular weight is 219 g/mol. The van der Waals surface area contributed by atoms with Gasteiger partial charge in [0.15, 0.2) is 6.10 Å². The van der Waals surface area contributed by atoms with Gasteiger partial charge < -0.3 is 20.3 Å². The predicted octanol–water partition coefficient (Wildman–Crippen LogP) is -0.461. The van der Waals surface area contributed by atoms with Gasteiger partial charge in [-0.2, -0.15) is 0 Å². The highest BCUT2D eigenvalue weighted by molar-refractivity contribution is 5.78. The Morgan fingerprint density at radius 1 is 1.47 bits per heavy atom. The van der Waals surface area contributed by atoms with Crippen LogP contribution in [0, 0.1) is 0 Å². The molecule has 6 nitrogen and oxygen atoms in total. The topological polar surface area (TPSA) is 98.9 Å². The lowest BCUT2D eigenvalue weighted by molar-refractivity contribution is -0.166. The van der Waals surface area contributed by atoms with Crippen molar-refractivity contribution < 1.29 is 24.2 Å². The summed E-state index contributed by atoms with van der Waals surface area (Å²) in [6, 6.07) is 0. The van der Waals surface area contributed by atoms with E-state index < -0.39 is 24.3 Å². The van der Waals surface area contributed by atoms with Crippen molar-refractivity contribution in [3.05, 3.63) is 0 Å². The van der Waals surface area contributed by atoms with Crippen molar-refractivity contribution in [1.29, 1.82) is 0 Å². The average Bonchev–Trinajstić information content (AvgIpc) is 2.15. The van der Waals surface area contributed by atoms with E-state index in [0.717, 1.165) is 0 Å². The van der Waals surface area contributed by atoms with E-state index in [9.17, 15) is 9.59 Å². The Morgan fingerprint density at radius 3 is 2.53 bits per heavy atom. The molecule has 0 aliphatic heterocycles. The number of aliphatic hydroxyl groups excluding tert-OH is 1. The summed E-state index contributed by atoms with van der Waals surface area (Å²) >= 11 is 0. The molecule has 0 heterocycles. The van der Waals surface area contributed by atoms with Gasteiger partial charge in [0.05, 0.1) is 6.61 Å². The van der Waals surface area contributed by atoms with Crippen LogP contribution in [0.5, 0.6) is 0 Å². The molecule has 3 N–H and O–H groups in total. The van der Waals surface area contributed by atoms with Crippen molar-refractivity contribution in [3.63, 3.8) is 0 Å². The molecule has 0 aliphatic rings. The van der Waals surface area contributed by atoms with E-state index in [0.29, 0.717) is 0 Å². The third kappa shape index (κ3) is 6.87. The summed E-state index contributed by atoms with van der Waals surface area (Å²) in [5.74, 6) is -1.17. The SMILES string of the molecule is CCOC(=O)C(C)OC(=O)CCC(N)O. The van der Waals surface area contributed by atoms with Crippen molar-refractivity contribution in [2.45, 2.75) is 39.0 Å². The van der Waals surface area contributed by atoms with Crippen LogP contribution in [0.3, 0.4) is 0 Å². The fourth-order valence-corrected chi connectivity index (χ4v) is 0.830. The van der Waals surface area contributed by atoms with Gasteiger partial charge in [0.25, 0.3) is 0 Å². The third-order valence-electron chi connectivity index (χ3n) is 1.57. The summed E-state index contributed by atoms with van der Waals surface area (Å²) in [6.45, 7) is 3.33. The standard InChI is InChI=1S/C9H17NO5/c1-3-14-9(13)6(2)15-8(12)5-4-7(10)11/h6-7,11H,3-5,10H2,1-2H3. The van der Waals surface area contributed by atoms with Crippen LogP contribution in [0.1, 0.15) is 26.7 Å². The summed E-state index contributed by atoms with van der Waals surface area (Å²) in [4.78, 5) is 22.1. The number of aliphatic hydroxyl groups is 1. The van der Waals surface area contributed by atoms with Gasteiger partial charge in [0.1, 0.15) is 6.23 Å². The number of hydrogen-bond acceptors (Lipinski definition) is 6. The van der Waals surface area contributed by atoms with Crippen LogP contribution in [0.4, 0.5) is 0 Å². The molecule has 2 unspecified atom stereocenters. The van der Waals surface area contributed by atoms with Crippen molar-refractivity contribution >= 4 is 11.9 Å². The molecule has 0 rings (SSSR count). The van der Waals surface area contributed by atoms with Crippen LogP contribution in [0.2, 0.25) is 0 Å². The molecule has 0 aromatic heterocycles. The minimum Gasteiger partial charge on any atom is -0.463 e. The van der Waals surface area contributed by atoms with E-state index in [4.69, 9.17) is 15.6 Å². The molecule has 0 aromatic carbocycles. The van der Waals surface area contributed by atoms with Crippen LogP contribution in [0.15, 0.2) is 0 Å². The summed E-state index contributed by atoms with van der Waals surface area (Å²) < 4.78 is 9.37. The van der Waals surface area contributed by atoms with Crippen LogP contribution < -0.4 is 5.73 Å². The first kappa shape index (κ1) is 13.9. The van der Waals surface area contributed by atoms with Gasteiger partial charge in [0, 0.05) is 6.42 Å². The van der Waals surface area contributed by atoms with E-state index in [1.165, 1.54) is 6.92 Å². The molecule has 0 fully saturated rings. The lowest BCUT2D eigenvalue weighted by atomic mass is 10.3. The Kier molecular flexibility index (Phi) is 6.64. The smallest absolute Gasteiger partial charge is 0.347 e. The first-order valence-electron chi connectivity index (χ1n) is 4.77. The van der Waals surface area contributed by atoms with Crippen LogP contribution in [-0.4, -0.2) is 36.0 Å². The van der Waals surface area contributed by atoms with Gasteiger partial charge in [-0.1, -0.05) is 0 Å². The highest BCUT2D eigenvalue weighted by atomic mass is 16.6. The zero-order chi connectivity index (χ0) is 11.8. The molecule has 15 heavy (non-hydrogen) atoms. The van der Waals surface area contributed by atoms with Crippen LogP contribution >= 0.6 is 0 Å². The number of carbonyl (C=O) groups excluding carboxylic acids is 2. The molecule has 6 heteroatoms. The second-order valence-electron chi connectivity index (χ2n) is 2.99. The Bertz CT molecular complexity index is 217. The highest BCUT2D eigenvalue weighted by Crippen LogP contribution is 2.00. The van der Waals surface area contributed by atoms with Crippen molar-refractivity contribution in [3.8, 4) is 0 Å². The Morgan fingerprint density at radius 2 is 2.07 bits per heavy atom. The lowest BCUT2D eigenvalue weighted by Crippen LogP contribution is -2.27. The van der Waals surface area contributed by atoms with Gasteiger partial charge in [-0.3, -0.25) is 4.79 Å². The number of rotatable bonds is 6. The van der Waals surface area contributed by atoms with Crippen LogP contribution in [0.25, 0.3) is 0 Å². The maximum atomic E-state index is 11.1. The van der Waals surface area contributed by atoms with Gasteiger partial charge >= 0.3 is 11.9 Å². The van der Waals surface area contributed by atoms with Crippen LogP contribution in [-0.2, 0) is 19.1 Å². The zero-order valence-corrected chi connectivity index (χ0v) is 8.93. The second-order valence-corrected chi connectivity index (χ2v) is 2.99. The van der Waals surface area contributed by atoms with Crippen molar-refractivity contribution in [2.75, 3.05) is 6.61 Å². The zero-order valence-electron chi connectivity index (χ0n) is 8.93. The Balaban J connectivity index is 3.80. The maximum Gasteiger partial charge on any atom is 0.347 e. The molecule has 0 radical (unpaired) electrons. The van der Waals surface area contributed by atoms with E-state index in [2.05, 4.69) is 4.74 Å². The first-order valence-corrected chi connectivity index (χ1v) is 4.77. The molecule has 88 valence electrons. The minimum atomic E-state index is -1.05. The minimum absolute atomic E-state index is 0.0264. The fourth-order valence-electron chi connectivity index (χ4n) is 0.830. The molecule has 0 bridgehead atoms. The largest absolute Gasteiger partial charge is 0.463 e. The molecule has 0 spiro atoms. The molecule has 0 aromatic rings. The molecule has 0 aliphatic carbocycles. The second kappa shape index (κ2) is 7.19. The van der Waals surface area contributed by atoms with Crippen molar-refractivity contribution in [1.82, 2.24) is 0 Å². The molecular weight excluding hydrogens is 202 g/mol. The molecule has 0 saturated carbocycles. The quantitative estimate of drug-likeness (QED) is 0.463. The molecule has 0 amide bonds. The molecule has 0 saturated heterocycles. The fraction of sp³-hybridized carbons (Fsp3) is 0.778. The Hall–Kier alpha value is -1.14. The third-order valence-corrected chi connectivity index (χ3v) is 1.57. The van der Waals surface area contributed by atoms with E-state index in [1.807, 2.05) is 0 Å². The lowest BCUT2D eigenvalue weighted by Gasteiger charge is -2.12. The van der Waals surface area contributed by atoms with E-state index >= 15 is 0 Å². The number of ether oxygens (including phenoxy) is 2. The summed E-state index contributed by atoms with van der Waals surface area (Å²) in [5.41, 5.74) is 5.04. The van der Waals surface area contributed by atoms with E-state index in [-0.39, 0.29) is 19.4 Å². The maximum absolute atomic E-state index is 11.1. The number of carbonyl (C=O) groups is 2. The molecule has 2 atom stereocenters. The normalized spacial score (nSPS) is 14.1. The van der Waals surface area contributed by atoms with Crippen molar-refractivity contribution in [2.24, 2.45) is 5.73 Å². The van der Waals surface area contributed by atoms with Gasteiger partial charge in [-0.05, 0) is 20.3 Å². The molecular formula is C9H17NO5. The first-order chi connectivity index (χ1) is 6.97.